The van der Waals surface area contributed by atoms with Gasteiger partial charge in [-0.1, -0.05) is 11.6 Å². The van der Waals surface area contributed by atoms with Crippen LogP contribution in [0.2, 0.25) is 5.02 Å². The van der Waals surface area contributed by atoms with E-state index >= 15 is 0 Å². The average molecular weight is 399 g/mol. The predicted molar refractivity (Wildman–Crippen MR) is 91.1 cm³/mol. The van der Waals surface area contributed by atoms with Gasteiger partial charge in [-0.05, 0) is 58.4 Å². The van der Waals surface area contributed by atoms with E-state index in [9.17, 15) is 9.59 Å². The van der Waals surface area contributed by atoms with Crippen LogP contribution < -0.4 is 10.1 Å². The quantitative estimate of drug-likeness (QED) is 0.776. The average Bonchev–Trinajstić information content (AvgIpc) is 2.54. The molecule has 0 aromatic heterocycles. The summed E-state index contributed by atoms with van der Waals surface area (Å²) < 4.78 is 10.7. The first-order valence-corrected chi connectivity index (χ1v) is 7.73. The molecule has 7 heteroatoms. The highest BCUT2D eigenvalue weighted by Crippen LogP contribution is 2.27. The summed E-state index contributed by atoms with van der Waals surface area (Å²) in [6, 6.07) is 11.4. The fraction of sp³-hybridized carbons (Fsp3) is 0.125. The molecule has 0 radical (unpaired) electrons. The Morgan fingerprint density at radius 3 is 2.48 bits per heavy atom. The zero-order valence-electron chi connectivity index (χ0n) is 12.1. The van der Waals surface area contributed by atoms with Gasteiger partial charge in [0.05, 0.1) is 17.1 Å². The minimum Gasteiger partial charge on any atom is -0.483 e. The number of rotatable bonds is 5. The van der Waals surface area contributed by atoms with Crippen molar-refractivity contribution in [2.45, 2.75) is 0 Å². The van der Waals surface area contributed by atoms with Crippen molar-refractivity contribution in [2.75, 3.05) is 19.0 Å². The van der Waals surface area contributed by atoms with E-state index in [4.69, 9.17) is 16.3 Å². The molecule has 23 heavy (non-hydrogen) atoms. The van der Waals surface area contributed by atoms with E-state index in [1.165, 1.54) is 7.11 Å². The maximum absolute atomic E-state index is 11.9. The van der Waals surface area contributed by atoms with Crippen LogP contribution in [0.3, 0.4) is 0 Å². The summed E-state index contributed by atoms with van der Waals surface area (Å²) in [5.74, 6) is -0.234. The van der Waals surface area contributed by atoms with Crippen molar-refractivity contribution in [1.82, 2.24) is 0 Å². The van der Waals surface area contributed by atoms with Crippen LogP contribution in [0.4, 0.5) is 5.69 Å². The lowest BCUT2D eigenvalue weighted by atomic mass is 10.2. The molecule has 0 spiro atoms. The van der Waals surface area contributed by atoms with Gasteiger partial charge in [0.2, 0.25) is 0 Å². The molecule has 2 aromatic carbocycles. The third-order valence-electron chi connectivity index (χ3n) is 2.84. The monoisotopic (exact) mass is 397 g/mol. The van der Waals surface area contributed by atoms with Crippen LogP contribution in [0.25, 0.3) is 0 Å². The zero-order chi connectivity index (χ0) is 16.8. The van der Waals surface area contributed by atoms with Crippen molar-refractivity contribution < 1.29 is 19.1 Å². The van der Waals surface area contributed by atoms with Gasteiger partial charge in [0.25, 0.3) is 5.91 Å². The van der Waals surface area contributed by atoms with E-state index in [1.54, 1.807) is 42.5 Å². The molecule has 0 heterocycles. The van der Waals surface area contributed by atoms with E-state index in [0.717, 1.165) is 0 Å². The lowest BCUT2D eigenvalue weighted by Gasteiger charge is -2.09. The minimum atomic E-state index is -0.432. The molecule has 0 fully saturated rings. The van der Waals surface area contributed by atoms with Crippen molar-refractivity contribution in [3.05, 3.63) is 57.5 Å². The fourth-order valence-electron chi connectivity index (χ4n) is 1.74. The Hall–Kier alpha value is -2.05. The number of hydrogen-bond acceptors (Lipinski definition) is 4. The van der Waals surface area contributed by atoms with Gasteiger partial charge in [-0.2, -0.15) is 0 Å². The van der Waals surface area contributed by atoms with E-state index in [2.05, 4.69) is 26.0 Å². The van der Waals surface area contributed by atoms with Gasteiger partial charge >= 0.3 is 5.97 Å². The number of nitrogens with one attached hydrogen (secondary N) is 1. The predicted octanol–water partition coefficient (Wildman–Crippen LogP) is 3.91. The Morgan fingerprint density at radius 2 is 1.87 bits per heavy atom. The van der Waals surface area contributed by atoms with Crippen LogP contribution in [0.1, 0.15) is 10.4 Å². The van der Waals surface area contributed by atoms with Gasteiger partial charge in [0, 0.05) is 10.7 Å². The second kappa shape index (κ2) is 7.99. The van der Waals surface area contributed by atoms with E-state index in [1.807, 2.05) is 0 Å². The number of anilines is 1. The van der Waals surface area contributed by atoms with Crippen LogP contribution >= 0.6 is 27.5 Å². The molecule has 2 aromatic rings. The van der Waals surface area contributed by atoms with Crippen LogP contribution in [0.15, 0.2) is 46.9 Å². The number of halogens is 2. The molecule has 0 aliphatic rings. The van der Waals surface area contributed by atoms with Crippen LogP contribution in [-0.2, 0) is 9.53 Å². The number of ether oxygens (including phenoxy) is 2. The first-order chi connectivity index (χ1) is 11.0. The summed E-state index contributed by atoms with van der Waals surface area (Å²) in [6.45, 7) is -0.154. The summed E-state index contributed by atoms with van der Waals surface area (Å²) in [5, 5.41) is 3.24. The normalized spacial score (nSPS) is 10.0. The van der Waals surface area contributed by atoms with Gasteiger partial charge in [-0.25, -0.2) is 4.79 Å². The Morgan fingerprint density at radius 1 is 1.17 bits per heavy atom. The number of carbonyl (C=O) groups excluding carboxylic acids is 2. The van der Waals surface area contributed by atoms with Crippen LogP contribution in [0, 0.1) is 0 Å². The summed E-state index contributed by atoms with van der Waals surface area (Å²) in [7, 11) is 1.31. The minimum absolute atomic E-state index is 0.154. The number of hydrogen-bond donors (Lipinski definition) is 1. The molecule has 0 aliphatic heterocycles. The SMILES string of the molecule is COC(=O)c1ccc(NC(=O)COc2ccc(Cl)cc2Br)cc1. The Balaban J connectivity index is 1.90. The third-order valence-corrected chi connectivity index (χ3v) is 3.70. The first kappa shape index (κ1) is 17.3. The molecule has 0 unspecified atom stereocenters. The van der Waals surface area contributed by atoms with Gasteiger partial charge in [0.1, 0.15) is 5.75 Å². The van der Waals surface area contributed by atoms with Gasteiger partial charge in [-0.3, -0.25) is 4.79 Å². The molecular weight excluding hydrogens is 386 g/mol. The molecule has 5 nitrogen and oxygen atoms in total. The van der Waals surface area contributed by atoms with E-state index < -0.39 is 5.97 Å². The third kappa shape index (κ3) is 4.97. The van der Waals surface area contributed by atoms with E-state index in [-0.39, 0.29) is 12.5 Å². The van der Waals surface area contributed by atoms with Gasteiger partial charge in [-0.15, -0.1) is 0 Å². The summed E-state index contributed by atoms with van der Waals surface area (Å²) in [6.07, 6.45) is 0. The number of esters is 1. The topological polar surface area (TPSA) is 64.6 Å². The maximum atomic E-state index is 11.9. The Bertz CT molecular complexity index is 719. The second-order valence-electron chi connectivity index (χ2n) is 4.48. The first-order valence-electron chi connectivity index (χ1n) is 6.55. The number of amides is 1. The molecule has 2 rings (SSSR count). The molecule has 1 N–H and O–H groups in total. The van der Waals surface area contributed by atoms with Crippen molar-refractivity contribution >= 4 is 45.1 Å². The number of methoxy groups -OCH3 is 1. The van der Waals surface area contributed by atoms with E-state index in [0.29, 0.717) is 26.5 Å². The van der Waals surface area contributed by atoms with Gasteiger partial charge in [0.15, 0.2) is 6.61 Å². The van der Waals surface area contributed by atoms with Crippen LogP contribution in [-0.4, -0.2) is 25.6 Å². The molecule has 1 amide bonds. The molecule has 0 bridgehead atoms. The number of carbonyl (C=O) groups is 2. The molecule has 0 aliphatic carbocycles. The van der Waals surface area contributed by atoms with Crippen molar-refractivity contribution in [3.8, 4) is 5.75 Å². The molecule has 0 saturated carbocycles. The highest BCUT2D eigenvalue weighted by Gasteiger charge is 2.08. The maximum Gasteiger partial charge on any atom is 0.337 e. The lowest BCUT2D eigenvalue weighted by Crippen LogP contribution is -2.20. The summed E-state index contributed by atoms with van der Waals surface area (Å²) >= 11 is 9.14. The van der Waals surface area contributed by atoms with Crippen LogP contribution in [0.5, 0.6) is 5.75 Å². The zero-order valence-corrected chi connectivity index (χ0v) is 14.5. The number of benzene rings is 2. The highest BCUT2D eigenvalue weighted by atomic mass is 79.9. The smallest absolute Gasteiger partial charge is 0.337 e. The molecule has 0 atom stereocenters. The Kier molecular flexibility index (Phi) is 6.01. The lowest BCUT2D eigenvalue weighted by molar-refractivity contribution is -0.118. The second-order valence-corrected chi connectivity index (χ2v) is 5.77. The summed E-state index contributed by atoms with van der Waals surface area (Å²) in [5.41, 5.74) is 0.966. The Labute approximate surface area is 146 Å². The van der Waals surface area contributed by atoms with Gasteiger partial charge < -0.3 is 14.8 Å². The highest BCUT2D eigenvalue weighted by molar-refractivity contribution is 9.10. The standard InChI is InChI=1S/C16H13BrClNO4/c1-22-16(21)10-2-5-12(6-3-10)19-15(20)9-23-14-7-4-11(18)8-13(14)17/h2-8H,9H2,1H3,(H,19,20). The van der Waals surface area contributed by atoms with Crippen molar-refractivity contribution in [3.63, 3.8) is 0 Å². The van der Waals surface area contributed by atoms with Crippen molar-refractivity contribution in [1.29, 1.82) is 0 Å². The summed E-state index contributed by atoms with van der Waals surface area (Å²) in [4.78, 5) is 23.2. The van der Waals surface area contributed by atoms with Crippen molar-refractivity contribution in [2.24, 2.45) is 0 Å². The molecular formula is C16H13BrClNO4. The molecule has 0 saturated heterocycles. The largest absolute Gasteiger partial charge is 0.483 e. The fourth-order valence-corrected chi connectivity index (χ4v) is 2.54. The molecule has 120 valence electrons.